The lowest BCUT2D eigenvalue weighted by atomic mass is 10.2. The number of aliphatic hydroxyl groups is 1. The molecule has 0 aliphatic carbocycles. The fraction of sp³-hybridized carbons (Fsp3) is 0.500. The molecule has 3 N–H and O–H groups in total. The summed E-state index contributed by atoms with van der Waals surface area (Å²) in [5.74, 6) is -2.14. The lowest BCUT2D eigenvalue weighted by molar-refractivity contribution is -0.142. The van der Waals surface area contributed by atoms with E-state index in [4.69, 9.17) is 10.8 Å². The molecular weight excluding hydrogens is 174 g/mol. The van der Waals surface area contributed by atoms with Crippen molar-refractivity contribution in [1.82, 2.24) is 0 Å². The van der Waals surface area contributed by atoms with E-state index in [2.05, 4.69) is 11.3 Å². The molecule has 0 rings (SSSR count). The second-order valence-electron chi connectivity index (χ2n) is 2.66. The average molecular weight is 187 g/mol. The van der Waals surface area contributed by atoms with Crippen molar-refractivity contribution in [3.63, 3.8) is 0 Å². The van der Waals surface area contributed by atoms with E-state index in [1.165, 1.54) is 6.92 Å². The van der Waals surface area contributed by atoms with Gasteiger partial charge in [-0.2, -0.15) is 0 Å². The highest BCUT2D eigenvalue weighted by Crippen LogP contribution is 1.98. The van der Waals surface area contributed by atoms with Crippen LogP contribution in [0.5, 0.6) is 0 Å². The monoisotopic (exact) mass is 187 g/mol. The number of amides is 1. The third-order valence-corrected chi connectivity index (χ3v) is 1.39. The number of esters is 1. The number of hydrogen-bond acceptors (Lipinski definition) is 4. The van der Waals surface area contributed by atoms with Gasteiger partial charge in [0.2, 0.25) is 5.91 Å². The summed E-state index contributed by atoms with van der Waals surface area (Å²) in [5, 5.41) is 8.63. The molecule has 1 unspecified atom stereocenters. The smallest absolute Gasteiger partial charge is 0.333 e. The zero-order valence-corrected chi connectivity index (χ0v) is 7.45. The Labute approximate surface area is 76.2 Å². The number of nitrogens with two attached hydrogens (primary N) is 1. The molecular formula is C8H13NO4. The predicted octanol–water partition coefficient (Wildman–Crippen LogP) is -0.801. The molecule has 13 heavy (non-hydrogen) atoms. The second kappa shape index (κ2) is 5.31. The summed E-state index contributed by atoms with van der Waals surface area (Å²) in [4.78, 5) is 21.4. The van der Waals surface area contributed by atoms with Gasteiger partial charge in [0.15, 0.2) is 0 Å². The zero-order valence-electron chi connectivity index (χ0n) is 7.45. The van der Waals surface area contributed by atoms with Crippen LogP contribution >= 0.6 is 0 Å². The first-order valence-corrected chi connectivity index (χ1v) is 3.71. The molecule has 5 heteroatoms. The van der Waals surface area contributed by atoms with Gasteiger partial charge in [-0.15, -0.1) is 0 Å². The number of carbonyl (C=O) groups excluding carboxylic acids is 2. The maximum atomic E-state index is 10.8. The van der Waals surface area contributed by atoms with E-state index in [1.54, 1.807) is 0 Å². The van der Waals surface area contributed by atoms with Gasteiger partial charge in [0.1, 0.15) is 6.61 Å². The molecule has 0 aromatic carbocycles. The minimum absolute atomic E-state index is 0.211. The largest absolute Gasteiger partial charge is 0.461 e. The molecule has 1 atom stereocenters. The van der Waals surface area contributed by atoms with Crippen molar-refractivity contribution in [2.24, 2.45) is 11.7 Å². The van der Waals surface area contributed by atoms with Gasteiger partial charge in [-0.1, -0.05) is 6.58 Å². The zero-order chi connectivity index (χ0) is 10.4. The van der Waals surface area contributed by atoms with Crippen LogP contribution in [0.2, 0.25) is 0 Å². The lowest BCUT2D eigenvalue weighted by Gasteiger charge is -2.10. The normalized spacial score (nSPS) is 11.8. The Kier molecular flexibility index (Phi) is 4.76. The standard InChI is InChI=1S/C8H13NO4/c1-5(2)8(12)13-4-6(3-10)7(9)11/h6,10H,1,3-4H2,2H3,(H2,9,11). The average Bonchev–Trinajstić information content (AvgIpc) is 2.04. The van der Waals surface area contributed by atoms with Crippen LogP contribution < -0.4 is 5.73 Å². The van der Waals surface area contributed by atoms with E-state index in [0.29, 0.717) is 0 Å². The van der Waals surface area contributed by atoms with Crippen molar-refractivity contribution in [2.45, 2.75) is 6.92 Å². The fourth-order valence-corrected chi connectivity index (χ4v) is 0.524. The highest BCUT2D eigenvalue weighted by atomic mass is 16.5. The fourth-order valence-electron chi connectivity index (χ4n) is 0.524. The molecule has 0 aliphatic rings. The third-order valence-electron chi connectivity index (χ3n) is 1.39. The van der Waals surface area contributed by atoms with Crippen molar-refractivity contribution in [1.29, 1.82) is 0 Å². The van der Waals surface area contributed by atoms with Crippen LogP contribution in [0.25, 0.3) is 0 Å². The molecule has 0 aromatic rings. The summed E-state index contributed by atoms with van der Waals surface area (Å²) in [5.41, 5.74) is 5.13. The molecule has 0 fully saturated rings. The number of primary amides is 1. The van der Waals surface area contributed by atoms with Crippen LogP contribution in [0, 0.1) is 5.92 Å². The Morgan fingerprint density at radius 1 is 1.62 bits per heavy atom. The molecule has 1 amide bonds. The SMILES string of the molecule is C=C(C)C(=O)OCC(CO)C(N)=O. The van der Waals surface area contributed by atoms with Crippen LogP contribution in [-0.4, -0.2) is 30.2 Å². The molecule has 0 aliphatic heterocycles. The topological polar surface area (TPSA) is 89.6 Å². The summed E-state index contributed by atoms with van der Waals surface area (Å²) in [7, 11) is 0. The number of ether oxygens (including phenoxy) is 1. The van der Waals surface area contributed by atoms with Crippen LogP contribution in [0.1, 0.15) is 6.92 Å². The summed E-state index contributed by atoms with van der Waals surface area (Å²) >= 11 is 0. The number of hydrogen-bond donors (Lipinski definition) is 2. The summed E-state index contributed by atoms with van der Waals surface area (Å²) in [6, 6.07) is 0. The molecule has 0 bridgehead atoms. The quantitative estimate of drug-likeness (QED) is 0.435. The summed E-state index contributed by atoms with van der Waals surface area (Å²) < 4.78 is 4.62. The second-order valence-corrected chi connectivity index (χ2v) is 2.66. The van der Waals surface area contributed by atoms with Gasteiger partial charge in [-0.3, -0.25) is 4.79 Å². The highest BCUT2D eigenvalue weighted by Gasteiger charge is 2.16. The van der Waals surface area contributed by atoms with E-state index in [0.717, 1.165) is 0 Å². The van der Waals surface area contributed by atoms with Gasteiger partial charge in [0, 0.05) is 5.57 Å². The van der Waals surface area contributed by atoms with Gasteiger partial charge in [0.05, 0.1) is 12.5 Å². The van der Waals surface area contributed by atoms with Crippen LogP contribution in [-0.2, 0) is 14.3 Å². The Balaban J connectivity index is 3.92. The number of rotatable bonds is 5. The van der Waals surface area contributed by atoms with E-state index in [9.17, 15) is 9.59 Å². The third kappa shape index (κ3) is 4.27. The minimum Gasteiger partial charge on any atom is -0.461 e. The van der Waals surface area contributed by atoms with E-state index >= 15 is 0 Å². The number of aliphatic hydroxyl groups excluding tert-OH is 1. The maximum Gasteiger partial charge on any atom is 0.333 e. The van der Waals surface area contributed by atoms with Gasteiger partial charge < -0.3 is 15.6 Å². The van der Waals surface area contributed by atoms with Gasteiger partial charge in [0.25, 0.3) is 0 Å². The Morgan fingerprint density at radius 3 is 2.46 bits per heavy atom. The first-order chi connectivity index (χ1) is 5.99. The van der Waals surface area contributed by atoms with E-state index in [-0.39, 0.29) is 12.2 Å². The number of carbonyl (C=O) groups is 2. The Hall–Kier alpha value is -1.36. The van der Waals surface area contributed by atoms with Crippen molar-refractivity contribution in [3.05, 3.63) is 12.2 Å². The molecule has 5 nitrogen and oxygen atoms in total. The van der Waals surface area contributed by atoms with E-state index < -0.39 is 24.4 Å². The predicted molar refractivity (Wildman–Crippen MR) is 45.5 cm³/mol. The highest BCUT2D eigenvalue weighted by molar-refractivity contribution is 5.87. The van der Waals surface area contributed by atoms with Crippen LogP contribution in [0.3, 0.4) is 0 Å². The van der Waals surface area contributed by atoms with Gasteiger partial charge >= 0.3 is 5.97 Å². The first kappa shape index (κ1) is 11.6. The molecule has 0 aromatic heterocycles. The summed E-state index contributed by atoms with van der Waals surface area (Å²) in [6.45, 7) is 4.19. The lowest BCUT2D eigenvalue weighted by Crippen LogP contribution is -2.31. The molecule has 74 valence electrons. The van der Waals surface area contributed by atoms with Gasteiger partial charge in [-0.25, -0.2) is 4.79 Å². The Bertz CT molecular complexity index is 224. The van der Waals surface area contributed by atoms with Crippen molar-refractivity contribution in [2.75, 3.05) is 13.2 Å². The maximum absolute atomic E-state index is 10.8. The molecule has 0 saturated heterocycles. The molecule has 0 radical (unpaired) electrons. The van der Waals surface area contributed by atoms with Crippen molar-refractivity contribution >= 4 is 11.9 Å². The molecule has 0 spiro atoms. The van der Waals surface area contributed by atoms with Crippen molar-refractivity contribution in [3.8, 4) is 0 Å². The van der Waals surface area contributed by atoms with Crippen LogP contribution in [0.4, 0.5) is 0 Å². The van der Waals surface area contributed by atoms with E-state index in [1.807, 2.05) is 0 Å². The Morgan fingerprint density at radius 2 is 2.15 bits per heavy atom. The first-order valence-electron chi connectivity index (χ1n) is 3.71. The van der Waals surface area contributed by atoms with Crippen LogP contribution in [0.15, 0.2) is 12.2 Å². The minimum atomic E-state index is -0.844. The summed E-state index contributed by atoms with van der Waals surface area (Å²) in [6.07, 6.45) is 0. The molecule has 0 saturated carbocycles. The van der Waals surface area contributed by atoms with Gasteiger partial charge in [-0.05, 0) is 6.92 Å². The van der Waals surface area contributed by atoms with Crippen molar-refractivity contribution < 1.29 is 19.4 Å². The molecule has 0 heterocycles.